The van der Waals surface area contributed by atoms with Crippen LogP contribution in [0.2, 0.25) is 0 Å². The third kappa shape index (κ3) is 3.08. The monoisotopic (exact) mass is 371 g/mol. The zero-order valence-electron chi connectivity index (χ0n) is 14.8. The number of aromatic amines is 1. The highest BCUT2D eigenvalue weighted by Gasteiger charge is 2.43. The molecular weight excluding hydrogens is 350 g/mol. The Bertz CT molecular complexity index is 870. The van der Waals surface area contributed by atoms with Gasteiger partial charge in [0.2, 0.25) is 5.91 Å². The maximum absolute atomic E-state index is 12.6. The molecule has 8 nitrogen and oxygen atoms in total. The van der Waals surface area contributed by atoms with Crippen molar-refractivity contribution < 1.29 is 4.79 Å². The largest absolute Gasteiger partial charge is 0.342 e. The molecule has 26 heavy (non-hydrogen) atoms. The van der Waals surface area contributed by atoms with Crippen molar-refractivity contribution in [1.29, 1.82) is 0 Å². The number of aromatic nitrogens is 5. The number of benzene rings is 1. The number of amides is 1. The zero-order valence-corrected chi connectivity index (χ0v) is 15.6. The van der Waals surface area contributed by atoms with Gasteiger partial charge in [0, 0.05) is 0 Å². The van der Waals surface area contributed by atoms with Gasteiger partial charge in [0.15, 0.2) is 5.82 Å². The number of likely N-dealkylation sites (N-methyl/N-ethyl adjacent to an activating group) is 1. The van der Waals surface area contributed by atoms with Gasteiger partial charge >= 0.3 is 0 Å². The van der Waals surface area contributed by atoms with Crippen LogP contribution in [0.1, 0.15) is 43.1 Å². The minimum Gasteiger partial charge on any atom is -0.342 e. The van der Waals surface area contributed by atoms with Gasteiger partial charge in [-0.25, -0.2) is 4.98 Å². The van der Waals surface area contributed by atoms with E-state index in [-0.39, 0.29) is 18.5 Å². The fourth-order valence-corrected chi connectivity index (χ4v) is 4.31. The number of para-hydroxylation sites is 1. The highest BCUT2D eigenvalue weighted by atomic mass is 32.1. The van der Waals surface area contributed by atoms with E-state index in [4.69, 9.17) is 4.98 Å². The standard InChI is InChI=1S/C17H21N7OS/c1-11(15-18-12-6-3-4-7-13(12)26-15)24(2)10-14(25)19-17(8-5-9-17)16-20-22-23-21-16/h3-4,6-7,11H,5,8-10H2,1-2H3,(H,19,25)(H,20,21,22,23). The third-order valence-corrected chi connectivity index (χ3v) is 6.29. The van der Waals surface area contributed by atoms with Crippen LogP contribution in [0.3, 0.4) is 0 Å². The molecule has 2 heterocycles. The molecule has 1 saturated carbocycles. The summed E-state index contributed by atoms with van der Waals surface area (Å²) in [5.41, 5.74) is 0.534. The predicted molar refractivity (Wildman–Crippen MR) is 98.5 cm³/mol. The average Bonchev–Trinajstić information content (AvgIpc) is 3.26. The molecule has 0 saturated heterocycles. The lowest BCUT2D eigenvalue weighted by molar-refractivity contribution is -0.125. The Balaban J connectivity index is 1.42. The highest BCUT2D eigenvalue weighted by Crippen LogP contribution is 2.39. The van der Waals surface area contributed by atoms with Crippen molar-refractivity contribution in [2.45, 2.75) is 37.8 Å². The van der Waals surface area contributed by atoms with Gasteiger partial charge in [0.1, 0.15) is 10.5 Å². The number of carbonyl (C=O) groups is 1. The first-order valence-corrected chi connectivity index (χ1v) is 9.50. The molecule has 4 rings (SSSR count). The van der Waals surface area contributed by atoms with E-state index in [0.717, 1.165) is 34.5 Å². The van der Waals surface area contributed by atoms with E-state index in [9.17, 15) is 4.79 Å². The first-order valence-electron chi connectivity index (χ1n) is 8.68. The van der Waals surface area contributed by atoms with Crippen molar-refractivity contribution in [1.82, 2.24) is 35.8 Å². The number of thiazole rings is 1. The molecule has 1 aliphatic carbocycles. The van der Waals surface area contributed by atoms with E-state index < -0.39 is 5.54 Å². The summed E-state index contributed by atoms with van der Waals surface area (Å²) in [6.07, 6.45) is 2.73. The highest BCUT2D eigenvalue weighted by molar-refractivity contribution is 7.18. The molecule has 1 aliphatic rings. The van der Waals surface area contributed by atoms with Crippen molar-refractivity contribution in [3.8, 4) is 0 Å². The zero-order chi connectivity index (χ0) is 18.1. The van der Waals surface area contributed by atoms with Crippen molar-refractivity contribution in [3.05, 3.63) is 35.1 Å². The number of carbonyl (C=O) groups excluding carboxylic acids is 1. The summed E-state index contributed by atoms with van der Waals surface area (Å²) < 4.78 is 1.16. The molecule has 9 heteroatoms. The number of tetrazole rings is 1. The molecule has 1 aromatic carbocycles. The number of H-pyrrole nitrogens is 1. The van der Waals surface area contributed by atoms with Crippen LogP contribution in [-0.4, -0.2) is 50.0 Å². The van der Waals surface area contributed by atoms with E-state index in [1.807, 2.05) is 30.1 Å². The predicted octanol–water partition coefficient (Wildman–Crippen LogP) is 2.00. The minimum absolute atomic E-state index is 0.0371. The number of hydrogen-bond acceptors (Lipinski definition) is 7. The summed E-state index contributed by atoms with van der Waals surface area (Å²) in [4.78, 5) is 19.3. The van der Waals surface area contributed by atoms with Crippen molar-refractivity contribution in [3.63, 3.8) is 0 Å². The summed E-state index contributed by atoms with van der Waals surface area (Å²) >= 11 is 1.67. The Hall–Kier alpha value is -2.39. The first-order chi connectivity index (χ1) is 12.6. The lowest BCUT2D eigenvalue weighted by Gasteiger charge is -2.40. The maximum atomic E-state index is 12.6. The summed E-state index contributed by atoms with van der Waals surface area (Å²) in [5, 5.41) is 18.4. The Morgan fingerprint density at radius 1 is 1.42 bits per heavy atom. The number of nitrogens with zero attached hydrogens (tertiary/aromatic N) is 5. The molecule has 1 fully saturated rings. The van der Waals surface area contributed by atoms with Gasteiger partial charge in [0.05, 0.1) is 22.8 Å². The summed E-state index contributed by atoms with van der Waals surface area (Å²) in [6, 6.07) is 8.15. The van der Waals surface area contributed by atoms with E-state index in [1.165, 1.54) is 0 Å². The molecule has 2 aromatic heterocycles. The van der Waals surface area contributed by atoms with Gasteiger partial charge in [-0.3, -0.25) is 9.69 Å². The van der Waals surface area contributed by atoms with Crippen LogP contribution in [-0.2, 0) is 10.3 Å². The fourth-order valence-electron chi connectivity index (χ4n) is 3.23. The topological polar surface area (TPSA) is 99.7 Å². The fraction of sp³-hybridized carbons (Fsp3) is 0.471. The molecule has 0 bridgehead atoms. The van der Waals surface area contributed by atoms with Gasteiger partial charge in [-0.1, -0.05) is 17.3 Å². The smallest absolute Gasteiger partial charge is 0.234 e. The van der Waals surface area contributed by atoms with Gasteiger partial charge in [0.25, 0.3) is 0 Å². The molecule has 1 unspecified atom stereocenters. The SMILES string of the molecule is CC(c1nc2ccccc2s1)N(C)CC(=O)NC1(c2nn[nH]n2)CCC1. The lowest BCUT2D eigenvalue weighted by Crippen LogP contribution is -2.53. The van der Waals surface area contributed by atoms with Crippen LogP contribution >= 0.6 is 11.3 Å². The van der Waals surface area contributed by atoms with E-state index in [1.54, 1.807) is 11.3 Å². The minimum atomic E-state index is -0.468. The van der Waals surface area contributed by atoms with Crippen LogP contribution in [0.4, 0.5) is 0 Å². The molecule has 3 aromatic rings. The Morgan fingerprint density at radius 3 is 2.88 bits per heavy atom. The molecule has 1 atom stereocenters. The normalized spacial score (nSPS) is 17.2. The third-order valence-electron chi connectivity index (χ3n) is 5.08. The second-order valence-electron chi connectivity index (χ2n) is 6.83. The van der Waals surface area contributed by atoms with E-state index >= 15 is 0 Å². The first kappa shape index (κ1) is 17.0. The van der Waals surface area contributed by atoms with Crippen LogP contribution in [0.5, 0.6) is 0 Å². The van der Waals surface area contributed by atoms with Crippen molar-refractivity contribution in [2.24, 2.45) is 0 Å². The second kappa shape index (κ2) is 6.73. The second-order valence-corrected chi connectivity index (χ2v) is 7.89. The number of nitrogens with one attached hydrogen (secondary N) is 2. The van der Waals surface area contributed by atoms with Gasteiger partial charge in [-0.2, -0.15) is 5.21 Å². The maximum Gasteiger partial charge on any atom is 0.234 e. The van der Waals surface area contributed by atoms with Crippen LogP contribution in [0.15, 0.2) is 24.3 Å². The van der Waals surface area contributed by atoms with Gasteiger partial charge < -0.3 is 5.32 Å². The molecule has 2 N–H and O–H groups in total. The van der Waals surface area contributed by atoms with E-state index in [0.29, 0.717) is 5.82 Å². The van der Waals surface area contributed by atoms with Crippen LogP contribution < -0.4 is 5.32 Å². The van der Waals surface area contributed by atoms with Gasteiger partial charge in [-0.15, -0.1) is 21.5 Å². The van der Waals surface area contributed by atoms with Crippen molar-refractivity contribution >= 4 is 27.5 Å². The molecule has 0 spiro atoms. The molecule has 0 aliphatic heterocycles. The average molecular weight is 371 g/mol. The van der Waals surface area contributed by atoms with Crippen LogP contribution in [0.25, 0.3) is 10.2 Å². The van der Waals surface area contributed by atoms with E-state index in [2.05, 4.69) is 38.9 Å². The summed E-state index contributed by atoms with van der Waals surface area (Å²) in [6.45, 7) is 2.36. The number of fused-ring (bicyclic) bond motifs is 1. The molecular formula is C17H21N7OS. The molecule has 136 valence electrons. The van der Waals surface area contributed by atoms with Crippen molar-refractivity contribution in [2.75, 3.05) is 13.6 Å². The Labute approximate surface area is 155 Å². The lowest BCUT2D eigenvalue weighted by atomic mass is 9.76. The molecule has 1 amide bonds. The quantitative estimate of drug-likeness (QED) is 0.687. The summed E-state index contributed by atoms with van der Waals surface area (Å²) in [5.74, 6) is 0.531. The Morgan fingerprint density at radius 2 is 2.23 bits per heavy atom. The van der Waals surface area contributed by atoms with Gasteiger partial charge in [-0.05, 0) is 45.4 Å². The van der Waals surface area contributed by atoms with Crippen LogP contribution in [0, 0.1) is 0 Å². The summed E-state index contributed by atoms with van der Waals surface area (Å²) in [7, 11) is 1.94. The number of rotatable bonds is 6. The molecule has 0 radical (unpaired) electrons. The number of hydrogen-bond donors (Lipinski definition) is 2. The Kier molecular flexibility index (Phi) is 4.41.